The van der Waals surface area contributed by atoms with Crippen LogP contribution in [0.2, 0.25) is 0 Å². The lowest BCUT2D eigenvalue weighted by Gasteiger charge is -1.89. The number of H-pyrrole nitrogens is 3. The van der Waals surface area contributed by atoms with Gasteiger partial charge in [-0.25, -0.2) is 9.78 Å². The van der Waals surface area contributed by atoms with Crippen LogP contribution in [-0.2, 0) is 11.3 Å². The Labute approximate surface area is 77.1 Å². The van der Waals surface area contributed by atoms with Crippen LogP contribution in [0.3, 0.4) is 0 Å². The van der Waals surface area contributed by atoms with Gasteiger partial charge in [0, 0.05) is 7.11 Å². The van der Waals surface area contributed by atoms with Gasteiger partial charge in [-0.05, 0) is 0 Å². The molecule has 3 N–H and O–H groups in total. The van der Waals surface area contributed by atoms with Gasteiger partial charge in [0.15, 0.2) is 5.65 Å². The monoisotopic (exact) mass is 196 g/mol. The molecule has 0 spiro atoms. The van der Waals surface area contributed by atoms with E-state index in [1.165, 1.54) is 7.11 Å². The van der Waals surface area contributed by atoms with Crippen molar-refractivity contribution in [3.05, 3.63) is 26.7 Å². The van der Waals surface area contributed by atoms with Gasteiger partial charge in [0.1, 0.15) is 17.9 Å². The highest BCUT2D eigenvalue weighted by atomic mass is 16.5. The number of nitrogens with zero attached hydrogens (tertiary/aromatic N) is 1. The summed E-state index contributed by atoms with van der Waals surface area (Å²) in [6.45, 7) is 0.260. The summed E-state index contributed by atoms with van der Waals surface area (Å²) in [5.41, 5.74) is -0.570. The van der Waals surface area contributed by atoms with Crippen LogP contribution < -0.4 is 11.2 Å². The molecule has 2 aromatic heterocycles. The number of imidazole rings is 1. The SMILES string of the molecule is COCc1nc2[nH]c(=O)[nH]c(=O)c2[nH]1. The van der Waals surface area contributed by atoms with Gasteiger partial charge in [0.05, 0.1) is 0 Å². The number of aromatic nitrogens is 4. The topological polar surface area (TPSA) is 104 Å². The number of hydrogen-bond donors (Lipinski definition) is 3. The predicted molar refractivity (Wildman–Crippen MR) is 48.0 cm³/mol. The maximum absolute atomic E-state index is 11.2. The summed E-state index contributed by atoms with van der Waals surface area (Å²) in [6.07, 6.45) is 0. The Kier molecular flexibility index (Phi) is 1.93. The van der Waals surface area contributed by atoms with Gasteiger partial charge >= 0.3 is 5.69 Å². The van der Waals surface area contributed by atoms with Gasteiger partial charge in [-0.1, -0.05) is 0 Å². The number of hydrogen-bond acceptors (Lipinski definition) is 4. The average Bonchev–Trinajstić information content (AvgIpc) is 2.48. The Hall–Kier alpha value is -1.89. The largest absolute Gasteiger partial charge is 0.377 e. The fourth-order valence-electron chi connectivity index (χ4n) is 1.19. The van der Waals surface area contributed by atoms with E-state index in [0.717, 1.165) is 0 Å². The van der Waals surface area contributed by atoms with E-state index in [2.05, 4.69) is 19.9 Å². The quantitative estimate of drug-likeness (QED) is 0.578. The third kappa shape index (κ3) is 1.33. The number of aromatic amines is 3. The van der Waals surface area contributed by atoms with Gasteiger partial charge < -0.3 is 9.72 Å². The van der Waals surface area contributed by atoms with Crippen molar-refractivity contribution < 1.29 is 4.74 Å². The molecule has 0 aliphatic rings. The van der Waals surface area contributed by atoms with Crippen LogP contribution in [0.1, 0.15) is 5.82 Å². The lowest BCUT2D eigenvalue weighted by Crippen LogP contribution is -2.21. The second-order valence-electron chi connectivity index (χ2n) is 2.75. The Morgan fingerprint density at radius 1 is 1.29 bits per heavy atom. The normalized spacial score (nSPS) is 10.9. The molecule has 7 nitrogen and oxygen atoms in total. The van der Waals surface area contributed by atoms with Crippen LogP contribution >= 0.6 is 0 Å². The van der Waals surface area contributed by atoms with Gasteiger partial charge in [0.25, 0.3) is 5.56 Å². The zero-order chi connectivity index (χ0) is 10.1. The third-order valence-electron chi connectivity index (χ3n) is 1.72. The maximum Gasteiger partial charge on any atom is 0.327 e. The number of methoxy groups -OCH3 is 1. The van der Waals surface area contributed by atoms with Crippen molar-refractivity contribution in [1.29, 1.82) is 0 Å². The van der Waals surface area contributed by atoms with Crippen molar-refractivity contribution in [1.82, 2.24) is 19.9 Å². The second kappa shape index (κ2) is 3.11. The van der Waals surface area contributed by atoms with E-state index in [0.29, 0.717) is 5.82 Å². The summed E-state index contributed by atoms with van der Waals surface area (Å²) in [5.74, 6) is 0.495. The van der Waals surface area contributed by atoms with Crippen LogP contribution in [0.15, 0.2) is 9.59 Å². The summed E-state index contributed by atoms with van der Waals surface area (Å²) < 4.78 is 4.83. The molecule has 0 amide bonds. The minimum atomic E-state index is -0.571. The van der Waals surface area contributed by atoms with Crippen molar-refractivity contribution in [2.24, 2.45) is 0 Å². The predicted octanol–water partition coefficient (Wildman–Crippen LogP) is -0.914. The Morgan fingerprint density at radius 2 is 2.07 bits per heavy atom. The first kappa shape index (κ1) is 8.70. The van der Waals surface area contributed by atoms with E-state index in [-0.39, 0.29) is 17.8 Å². The Bertz CT molecular complexity index is 564. The van der Waals surface area contributed by atoms with Crippen LogP contribution in [0.25, 0.3) is 11.2 Å². The minimum absolute atomic E-state index is 0.241. The first-order valence-corrected chi connectivity index (χ1v) is 3.91. The first-order chi connectivity index (χ1) is 6.70. The molecule has 0 bridgehead atoms. The minimum Gasteiger partial charge on any atom is -0.377 e. The third-order valence-corrected chi connectivity index (χ3v) is 1.72. The van der Waals surface area contributed by atoms with E-state index >= 15 is 0 Å². The summed E-state index contributed by atoms with van der Waals surface area (Å²) in [4.78, 5) is 33.3. The van der Waals surface area contributed by atoms with E-state index in [1.54, 1.807) is 0 Å². The van der Waals surface area contributed by atoms with Crippen molar-refractivity contribution in [3.63, 3.8) is 0 Å². The molecule has 0 aliphatic carbocycles. The first-order valence-electron chi connectivity index (χ1n) is 3.91. The highest BCUT2D eigenvalue weighted by Crippen LogP contribution is 2.01. The maximum atomic E-state index is 11.2. The summed E-state index contributed by atoms with van der Waals surface area (Å²) in [5, 5.41) is 0. The molecule has 2 aromatic rings. The van der Waals surface area contributed by atoms with Gasteiger partial charge in [-0.3, -0.25) is 14.8 Å². The zero-order valence-electron chi connectivity index (χ0n) is 7.38. The highest BCUT2D eigenvalue weighted by Gasteiger charge is 2.06. The molecule has 0 saturated heterocycles. The van der Waals surface area contributed by atoms with Crippen LogP contribution in [0.5, 0.6) is 0 Å². The molecule has 0 unspecified atom stereocenters. The van der Waals surface area contributed by atoms with Crippen LogP contribution in [0, 0.1) is 0 Å². The van der Waals surface area contributed by atoms with Crippen molar-refractivity contribution in [3.8, 4) is 0 Å². The number of rotatable bonds is 2. The molecule has 0 radical (unpaired) electrons. The van der Waals surface area contributed by atoms with Gasteiger partial charge in [0.2, 0.25) is 0 Å². The molecule has 2 heterocycles. The van der Waals surface area contributed by atoms with Crippen LogP contribution in [-0.4, -0.2) is 27.0 Å². The van der Waals surface area contributed by atoms with E-state index in [1.807, 2.05) is 0 Å². The highest BCUT2D eigenvalue weighted by molar-refractivity contribution is 5.68. The van der Waals surface area contributed by atoms with Crippen molar-refractivity contribution >= 4 is 11.2 Å². The molecule has 0 aliphatic heterocycles. The lowest BCUT2D eigenvalue weighted by atomic mass is 10.5. The number of ether oxygens (including phenoxy) is 1. The average molecular weight is 196 g/mol. The fraction of sp³-hybridized carbons (Fsp3) is 0.286. The molecule has 2 rings (SSSR count). The number of nitrogens with one attached hydrogen (secondary N) is 3. The Balaban J connectivity index is 2.71. The molecule has 14 heavy (non-hydrogen) atoms. The van der Waals surface area contributed by atoms with E-state index < -0.39 is 11.2 Å². The van der Waals surface area contributed by atoms with E-state index in [4.69, 9.17) is 4.74 Å². The van der Waals surface area contributed by atoms with Gasteiger partial charge in [-0.15, -0.1) is 0 Å². The molecule has 0 aromatic carbocycles. The molecule has 74 valence electrons. The smallest absolute Gasteiger partial charge is 0.327 e. The summed E-state index contributed by atoms with van der Waals surface area (Å²) >= 11 is 0. The molecule has 7 heteroatoms. The molecular formula is C7H8N4O3. The summed E-state index contributed by atoms with van der Waals surface area (Å²) in [6, 6.07) is 0. The molecule has 0 saturated carbocycles. The standard InChI is InChI=1S/C7H8N4O3/c1-14-2-3-8-4-5(9-3)10-7(13)11-6(4)12/h2H2,1H3,(H3,8,9,10,11,12,13). The van der Waals surface area contributed by atoms with Gasteiger partial charge in [-0.2, -0.15) is 0 Å². The summed E-state index contributed by atoms with van der Waals surface area (Å²) in [7, 11) is 1.51. The lowest BCUT2D eigenvalue weighted by molar-refractivity contribution is 0.179. The second-order valence-corrected chi connectivity index (χ2v) is 2.75. The molecule has 0 atom stereocenters. The fourth-order valence-corrected chi connectivity index (χ4v) is 1.19. The van der Waals surface area contributed by atoms with Crippen molar-refractivity contribution in [2.45, 2.75) is 6.61 Å². The van der Waals surface area contributed by atoms with Crippen molar-refractivity contribution in [2.75, 3.05) is 7.11 Å². The Morgan fingerprint density at radius 3 is 2.79 bits per heavy atom. The molecular weight excluding hydrogens is 188 g/mol. The molecule has 0 fully saturated rings. The number of fused-ring (bicyclic) bond motifs is 1. The van der Waals surface area contributed by atoms with Crippen LogP contribution in [0.4, 0.5) is 0 Å². The van der Waals surface area contributed by atoms with E-state index in [9.17, 15) is 9.59 Å². The zero-order valence-corrected chi connectivity index (χ0v) is 7.38.